The molecule has 2 bridgehead atoms. The summed E-state index contributed by atoms with van der Waals surface area (Å²) >= 11 is 0. The molecular formula is C34H56. The van der Waals surface area contributed by atoms with Crippen molar-refractivity contribution >= 4 is 0 Å². The Bertz CT molecular complexity index is 780. The Morgan fingerprint density at radius 2 is 1.47 bits per heavy atom. The predicted octanol–water partition coefficient (Wildman–Crippen LogP) is 9.94. The summed E-state index contributed by atoms with van der Waals surface area (Å²) in [4.78, 5) is 0. The van der Waals surface area contributed by atoms with Gasteiger partial charge in [0.2, 0.25) is 0 Å². The van der Waals surface area contributed by atoms with Crippen LogP contribution in [0.15, 0.2) is 11.1 Å². The number of fused-ring (bicyclic) bond motifs is 5. The quantitative estimate of drug-likeness (QED) is 0.298. The summed E-state index contributed by atoms with van der Waals surface area (Å²) in [5, 5.41) is 0. The monoisotopic (exact) mass is 464 g/mol. The molecule has 0 saturated heterocycles. The summed E-state index contributed by atoms with van der Waals surface area (Å²) in [5.41, 5.74) is 4.38. The third-order valence-corrected chi connectivity index (χ3v) is 13.0. The molecule has 6 aliphatic rings. The molecule has 6 rings (SSSR count). The molecule has 6 aliphatic carbocycles. The molecule has 6 fully saturated rings. The van der Waals surface area contributed by atoms with Crippen molar-refractivity contribution in [2.75, 3.05) is 0 Å². The van der Waals surface area contributed by atoms with Gasteiger partial charge < -0.3 is 0 Å². The van der Waals surface area contributed by atoms with E-state index in [0.29, 0.717) is 5.41 Å². The second kappa shape index (κ2) is 8.94. The predicted molar refractivity (Wildman–Crippen MR) is 145 cm³/mol. The Morgan fingerprint density at radius 1 is 0.794 bits per heavy atom. The molecule has 34 heavy (non-hydrogen) atoms. The van der Waals surface area contributed by atoms with Crippen LogP contribution in [0.3, 0.4) is 0 Å². The topological polar surface area (TPSA) is 0 Å². The van der Waals surface area contributed by atoms with Crippen LogP contribution in [0.5, 0.6) is 0 Å². The Balaban J connectivity index is 1.21. The fraction of sp³-hybridized carbons (Fsp3) is 0.941. The number of rotatable bonds is 9. The lowest BCUT2D eigenvalue weighted by Crippen LogP contribution is -2.49. The maximum atomic E-state index is 2.66. The first-order valence-corrected chi connectivity index (χ1v) is 16.0. The van der Waals surface area contributed by atoms with E-state index in [2.05, 4.69) is 41.5 Å². The van der Waals surface area contributed by atoms with Gasteiger partial charge in [-0.05, 0) is 153 Å². The van der Waals surface area contributed by atoms with E-state index in [1.54, 1.807) is 44.9 Å². The van der Waals surface area contributed by atoms with Crippen LogP contribution in [-0.4, -0.2) is 0 Å². The van der Waals surface area contributed by atoms with E-state index >= 15 is 0 Å². The summed E-state index contributed by atoms with van der Waals surface area (Å²) < 4.78 is 0. The minimum Gasteiger partial charge on any atom is -0.0695 e. The average molecular weight is 465 g/mol. The highest BCUT2D eigenvalue weighted by Crippen LogP contribution is 2.67. The lowest BCUT2D eigenvalue weighted by molar-refractivity contribution is -0.0572. The standard InChI is InChI=1S/C34H56/c1-7-34(6,19-20(2)3)33(22-11-12-22)29-16-15-28(29)32(21(4)5)27-14-13-26(27)31-18-23-17-30(31)25-10-8-9-24(23)25/h20-21,23-32H,7-19H2,1-6H3. The van der Waals surface area contributed by atoms with E-state index in [-0.39, 0.29) is 0 Å². The summed E-state index contributed by atoms with van der Waals surface area (Å²) in [7, 11) is 0. The lowest BCUT2D eigenvalue weighted by atomic mass is 9.48. The molecule has 0 amide bonds. The lowest BCUT2D eigenvalue weighted by Gasteiger charge is -2.57. The third kappa shape index (κ3) is 3.81. The van der Waals surface area contributed by atoms with Crippen molar-refractivity contribution in [2.45, 2.75) is 125 Å². The van der Waals surface area contributed by atoms with E-state index in [1.807, 2.05) is 11.1 Å². The first-order valence-electron chi connectivity index (χ1n) is 16.0. The van der Waals surface area contributed by atoms with Gasteiger partial charge in [0.1, 0.15) is 0 Å². The van der Waals surface area contributed by atoms with Gasteiger partial charge in [-0.2, -0.15) is 0 Å². The zero-order chi connectivity index (χ0) is 23.8. The molecule has 192 valence electrons. The second-order valence-corrected chi connectivity index (χ2v) is 15.4. The van der Waals surface area contributed by atoms with Crippen molar-refractivity contribution in [1.29, 1.82) is 0 Å². The Morgan fingerprint density at radius 3 is 2.00 bits per heavy atom. The van der Waals surface area contributed by atoms with Crippen LogP contribution < -0.4 is 0 Å². The zero-order valence-electron chi connectivity index (χ0n) is 23.6. The maximum absolute atomic E-state index is 2.66. The molecule has 11 atom stereocenters. The largest absolute Gasteiger partial charge is 0.0695 e. The Labute approximate surface area is 212 Å². The van der Waals surface area contributed by atoms with Crippen LogP contribution in [0.2, 0.25) is 0 Å². The minimum atomic E-state index is 0.464. The molecule has 0 aromatic heterocycles. The van der Waals surface area contributed by atoms with Crippen LogP contribution in [0.4, 0.5) is 0 Å². The van der Waals surface area contributed by atoms with Crippen molar-refractivity contribution in [1.82, 2.24) is 0 Å². The molecule has 0 heterocycles. The highest BCUT2D eigenvalue weighted by atomic mass is 14.6. The average Bonchev–Trinajstić information content (AvgIpc) is 3.15. The second-order valence-electron chi connectivity index (χ2n) is 15.4. The van der Waals surface area contributed by atoms with Crippen molar-refractivity contribution in [3.05, 3.63) is 11.1 Å². The van der Waals surface area contributed by atoms with Gasteiger partial charge >= 0.3 is 0 Å². The van der Waals surface area contributed by atoms with Crippen molar-refractivity contribution in [3.63, 3.8) is 0 Å². The van der Waals surface area contributed by atoms with Crippen molar-refractivity contribution in [3.8, 4) is 0 Å². The van der Waals surface area contributed by atoms with E-state index in [9.17, 15) is 0 Å². The maximum Gasteiger partial charge on any atom is -0.0111 e. The van der Waals surface area contributed by atoms with Gasteiger partial charge in [-0.1, -0.05) is 59.1 Å². The first-order chi connectivity index (χ1) is 16.3. The molecule has 0 aromatic carbocycles. The van der Waals surface area contributed by atoms with Gasteiger partial charge in [-0.15, -0.1) is 0 Å². The Hall–Kier alpha value is -0.260. The number of hydrogen-bond acceptors (Lipinski definition) is 0. The summed E-state index contributed by atoms with van der Waals surface area (Å²) in [6, 6.07) is 0. The van der Waals surface area contributed by atoms with Gasteiger partial charge in [-0.3, -0.25) is 0 Å². The van der Waals surface area contributed by atoms with E-state index in [0.717, 1.165) is 71.0 Å². The van der Waals surface area contributed by atoms with Crippen molar-refractivity contribution in [2.24, 2.45) is 76.4 Å². The molecule has 0 nitrogen and oxygen atoms in total. The SMILES string of the molecule is CCC(C)(CC(C)C)C(=C1CC1)C1CCC1C(C(C)C)C1CCC1C1CC2CC1C1CCCC21. The highest BCUT2D eigenvalue weighted by Gasteiger charge is 2.59. The van der Waals surface area contributed by atoms with Crippen LogP contribution >= 0.6 is 0 Å². The van der Waals surface area contributed by atoms with Gasteiger partial charge in [0.05, 0.1) is 0 Å². The van der Waals surface area contributed by atoms with Gasteiger partial charge in [-0.25, -0.2) is 0 Å². The summed E-state index contributed by atoms with van der Waals surface area (Å²) in [6.45, 7) is 15.3. The van der Waals surface area contributed by atoms with Crippen molar-refractivity contribution < 1.29 is 0 Å². The van der Waals surface area contributed by atoms with Crippen LogP contribution in [0, 0.1) is 76.4 Å². The zero-order valence-corrected chi connectivity index (χ0v) is 23.6. The fourth-order valence-electron chi connectivity index (χ4n) is 11.6. The fourth-order valence-corrected chi connectivity index (χ4v) is 11.6. The minimum absolute atomic E-state index is 0.464. The van der Waals surface area contributed by atoms with Gasteiger partial charge in [0.25, 0.3) is 0 Å². The molecule has 0 aliphatic heterocycles. The highest BCUT2D eigenvalue weighted by molar-refractivity contribution is 5.34. The molecule has 0 N–H and O–H groups in total. The number of hydrogen-bond donors (Lipinski definition) is 0. The first kappa shape index (κ1) is 24.1. The number of allylic oxidation sites excluding steroid dienone is 2. The summed E-state index contributed by atoms with van der Waals surface area (Å²) in [5.74, 6) is 12.6. The van der Waals surface area contributed by atoms with Gasteiger partial charge in [0.15, 0.2) is 0 Å². The molecule has 0 radical (unpaired) electrons. The van der Waals surface area contributed by atoms with Crippen LogP contribution in [-0.2, 0) is 0 Å². The molecule has 0 spiro atoms. The molecular weight excluding hydrogens is 408 g/mol. The van der Waals surface area contributed by atoms with E-state index in [1.165, 1.54) is 38.5 Å². The summed E-state index contributed by atoms with van der Waals surface area (Å²) in [6.07, 6.45) is 19.8. The smallest absolute Gasteiger partial charge is 0.0111 e. The van der Waals surface area contributed by atoms with E-state index in [4.69, 9.17) is 0 Å². The Kier molecular flexibility index (Phi) is 6.34. The molecule has 6 saturated carbocycles. The normalized spacial score (nSPS) is 45.2. The molecule has 0 heteroatoms. The molecule has 0 aromatic rings. The van der Waals surface area contributed by atoms with Crippen LogP contribution in [0.25, 0.3) is 0 Å². The van der Waals surface area contributed by atoms with Crippen LogP contribution in [0.1, 0.15) is 125 Å². The van der Waals surface area contributed by atoms with E-state index < -0.39 is 0 Å². The molecule has 11 unspecified atom stereocenters. The third-order valence-electron chi connectivity index (χ3n) is 13.0. The van der Waals surface area contributed by atoms with Gasteiger partial charge in [0, 0.05) is 0 Å².